The van der Waals surface area contributed by atoms with Gasteiger partial charge in [0.15, 0.2) is 0 Å². The highest BCUT2D eigenvalue weighted by Gasteiger charge is 2.02. The minimum absolute atomic E-state index is 0.723. The second-order valence-corrected chi connectivity index (χ2v) is 2.98. The van der Waals surface area contributed by atoms with Crippen molar-refractivity contribution in [2.75, 3.05) is 0 Å². The summed E-state index contributed by atoms with van der Waals surface area (Å²) in [6, 6.07) is 0. The molecule has 0 fully saturated rings. The molecule has 11 heavy (non-hydrogen) atoms. The van der Waals surface area contributed by atoms with Gasteiger partial charge in [-0.25, -0.2) is 0 Å². The zero-order valence-corrected chi connectivity index (χ0v) is 8.22. The van der Waals surface area contributed by atoms with Crippen LogP contribution in [-0.2, 0) is 0 Å². The minimum Gasteiger partial charge on any atom is -0.0874 e. The van der Waals surface area contributed by atoms with Crippen molar-refractivity contribution < 1.29 is 0 Å². The first-order valence-corrected chi connectivity index (χ1v) is 4.55. The summed E-state index contributed by atoms with van der Waals surface area (Å²) in [5.41, 5.74) is 1.47. The molecule has 0 bridgehead atoms. The third-order valence-electron chi connectivity index (χ3n) is 1.98. The van der Waals surface area contributed by atoms with Gasteiger partial charge in [0.1, 0.15) is 0 Å². The van der Waals surface area contributed by atoms with E-state index in [9.17, 15) is 0 Å². The van der Waals surface area contributed by atoms with E-state index in [1.165, 1.54) is 18.4 Å². The zero-order chi connectivity index (χ0) is 8.69. The average molecular weight is 152 g/mol. The molecule has 0 aliphatic rings. The summed E-state index contributed by atoms with van der Waals surface area (Å²) in [4.78, 5) is 0. The molecule has 0 amide bonds. The lowest BCUT2D eigenvalue weighted by Crippen LogP contribution is -1.95. The molecule has 0 aliphatic heterocycles. The number of rotatable bonds is 4. The lowest BCUT2D eigenvalue weighted by molar-refractivity contribution is 0.612. The fourth-order valence-corrected chi connectivity index (χ4v) is 1.34. The van der Waals surface area contributed by atoms with Crippen LogP contribution in [0.2, 0.25) is 0 Å². The molecule has 0 radical (unpaired) electrons. The van der Waals surface area contributed by atoms with E-state index in [0.717, 1.165) is 5.92 Å². The summed E-state index contributed by atoms with van der Waals surface area (Å²) < 4.78 is 0. The SMILES string of the molecule is CC=CC(=CC)C(C)CCC. The molecule has 0 saturated heterocycles. The Morgan fingerprint density at radius 3 is 2.36 bits per heavy atom. The van der Waals surface area contributed by atoms with Gasteiger partial charge in [-0.15, -0.1) is 0 Å². The second-order valence-electron chi connectivity index (χ2n) is 2.98. The van der Waals surface area contributed by atoms with Crippen molar-refractivity contribution in [3.05, 3.63) is 23.8 Å². The molecule has 0 spiro atoms. The van der Waals surface area contributed by atoms with E-state index in [1.807, 2.05) is 0 Å². The normalized spacial score (nSPS) is 15.8. The fourth-order valence-electron chi connectivity index (χ4n) is 1.34. The van der Waals surface area contributed by atoms with Gasteiger partial charge in [-0.3, -0.25) is 0 Å². The van der Waals surface area contributed by atoms with Gasteiger partial charge in [0, 0.05) is 0 Å². The van der Waals surface area contributed by atoms with Crippen LogP contribution in [0, 0.1) is 5.92 Å². The molecule has 0 aliphatic carbocycles. The first-order valence-electron chi connectivity index (χ1n) is 4.55. The maximum Gasteiger partial charge on any atom is -0.0194 e. The van der Waals surface area contributed by atoms with E-state index in [2.05, 4.69) is 45.9 Å². The highest BCUT2D eigenvalue weighted by molar-refractivity contribution is 5.19. The van der Waals surface area contributed by atoms with Crippen LogP contribution in [0.25, 0.3) is 0 Å². The predicted molar refractivity (Wildman–Crippen MR) is 52.6 cm³/mol. The first kappa shape index (κ1) is 10.5. The van der Waals surface area contributed by atoms with Crippen molar-refractivity contribution >= 4 is 0 Å². The van der Waals surface area contributed by atoms with Gasteiger partial charge in [0.25, 0.3) is 0 Å². The van der Waals surface area contributed by atoms with Crippen LogP contribution in [0.1, 0.15) is 40.5 Å². The van der Waals surface area contributed by atoms with Gasteiger partial charge < -0.3 is 0 Å². The van der Waals surface area contributed by atoms with Crippen molar-refractivity contribution in [2.24, 2.45) is 5.92 Å². The highest BCUT2D eigenvalue weighted by atomic mass is 14.1. The summed E-state index contributed by atoms with van der Waals surface area (Å²) in [6.07, 6.45) is 9.10. The van der Waals surface area contributed by atoms with Crippen LogP contribution in [0.15, 0.2) is 23.8 Å². The molecule has 64 valence electrons. The highest BCUT2D eigenvalue weighted by Crippen LogP contribution is 2.17. The van der Waals surface area contributed by atoms with Gasteiger partial charge in [-0.2, -0.15) is 0 Å². The quantitative estimate of drug-likeness (QED) is 0.535. The minimum atomic E-state index is 0.723. The molecule has 0 heterocycles. The Bertz CT molecular complexity index is 140. The van der Waals surface area contributed by atoms with Crippen molar-refractivity contribution in [1.29, 1.82) is 0 Å². The molecule has 0 aromatic heterocycles. The van der Waals surface area contributed by atoms with Gasteiger partial charge in [-0.05, 0) is 31.8 Å². The van der Waals surface area contributed by atoms with E-state index in [4.69, 9.17) is 0 Å². The van der Waals surface area contributed by atoms with Crippen molar-refractivity contribution in [2.45, 2.75) is 40.5 Å². The monoisotopic (exact) mass is 152 g/mol. The Kier molecular flexibility index (Phi) is 5.91. The van der Waals surface area contributed by atoms with Crippen molar-refractivity contribution in [1.82, 2.24) is 0 Å². The number of hydrogen-bond donors (Lipinski definition) is 0. The van der Waals surface area contributed by atoms with Crippen molar-refractivity contribution in [3.63, 3.8) is 0 Å². The van der Waals surface area contributed by atoms with E-state index in [0.29, 0.717) is 0 Å². The molecule has 0 nitrogen and oxygen atoms in total. The first-order chi connectivity index (χ1) is 5.26. The Morgan fingerprint density at radius 1 is 1.36 bits per heavy atom. The van der Waals surface area contributed by atoms with Crippen molar-refractivity contribution in [3.8, 4) is 0 Å². The molecule has 0 rings (SSSR count). The van der Waals surface area contributed by atoms with Crippen LogP contribution in [0.3, 0.4) is 0 Å². The van der Waals surface area contributed by atoms with Gasteiger partial charge in [0.2, 0.25) is 0 Å². The third-order valence-corrected chi connectivity index (χ3v) is 1.98. The summed E-state index contributed by atoms with van der Waals surface area (Å²) in [7, 11) is 0. The Hall–Kier alpha value is -0.520. The van der Waals surface area contributed by atoms with E-state index < -0.39 is 0 Å². The van der Waals surface area contributed by atoms with Crippen LogP contribution < -0.4 is 0 Å². The Labute approximate surface area is 71.0 Å². The second kappa shape index (κ2) is 6.21. The molecule has 0 aromatic rings. The Morgan fingerprint density at radius 2 is 2.00 bits per heavy atom. The standard InChI is InChI=1S/C11H20/c1-5-8-10(4)11(7-3)9-6-2/h6-7,9-10H,5,8H2,1-4H3. The summed E-state index contributed by atoms with van der Waals surface area (Å²) in [5, 5.41) is 0. The van der Waals surface area contributed by atoms with Crippen LogP contribution in [-0.4, -0.2) is 0 Å². The largest absolute Gasteiger partial charge is 0.0874 e. The topological polar surface area (TPSA) is 0 Å². The summed E-state index contributed by atoms with van der Waals surface area (Å²) in [6.45, 7) is 8.71. The molecule has 0 aromatic carbocycles. The maximum absolute atomic E-state index is 2.29. The van der Waals surface area contributed by atoms with Gasteiger partial charge >= 0.3 is 0 Å². The van der Waals surface area contributed by atoms with E-state index in [-0.39, 0.29) is 0 Å². The molecular formula is C11H20. The lowest BCUT2D eigenvalue weighted by Gasteiger charge is -2.10. The molecule has 0 saturated carbocycles. The van der Waals surface area contributed by atoms with Crippen LogP contribution >= 0.6 is 0 Å². The Balaban J connectivity index is 4.04. The van der Waals surface area contributed by atoms with Gasteiger partial charge in [0.05, 0.1) is 0 Å². The fraction of sp³-hybridized carbons (Fsp3) is 0.636. The molecule has 1 unspecified atom stereocenters. The third kappa shape index (κ3) is 4.02. The number of hydrogen-bond acceptors (Lipinski definition) is 0. The molecule has 0 heteroatoms. The summed E-state index contributed by atoms with van der Waals surface area (Å²) >= 11 is 0. The molecule has 1 atom stereocenters. The zero-order valence-electron chi connectivity index (χ0n) is 8.22. The van der Waals surface area contributed by atoms with Crippen LogP contribution in [0.4, 0.5) is 0 Å². The molecule has 0 N–H and O–H groups in total. The predicted octanol–water partition coefficient (Wildman–Crippen LogP) is 3.95. The van der Waals surface area contributed by atoms with E-state index in [1.54, 1.807) is 0 Å². The summed E-state index contributed by atoms with van der Waals surface area (Å²) in [5.74, 6) is 0.723. The van der Waals surface area contributed by atoms with Gasteiger partial charge in [-0.1, -0.05) is 38.5 Å². The van der Waals surface area contributed by atoms with E-state index >= 15 is 0 Å². The average Bonchev–Trinajstić information content (AvgIpc) is 2.00. The smallest absolute Gasteiger partial charge is 0.0194 e. The lowest BCUT2D eigenvalue weighted by atomic mass is 9.96. The maximum atomic E-state index is 2.29. The number of allylic oxidation sites excluding steroid dienone is 4. The molecular weight excluding hydrogens is 132 g/mol. The van der Waals surface area contributed by atoms with Crippen LogP contribution in [0.5, 0.6) is 0 Å².